The minimum absolute atomic E-state index is 0.142. The van der Waals surface area contributed by atoms with Crippen molar-refractivity contribution in [3.63, 3.8) is 0 Å². The zero-order chi connectivity index (χ0) is 15.0. The summed E-state index contributed by atoms with van der Waals surface area (Å²) in [6.07, 6.45) is 2.33. The number of carbonyl (C=O) groups is 1. The molecule has 1 aromatic rings. The predicted molar refractivity (Wildman–Crippen MR) is 82.0 cm³/mol. The first-order valence-corrected chi connectivity index (χ1v) is 7.18. The summed E-state index contributed by atoms with van der Waals surface area (Å²) in [4.78, 5) is 13.0. The van der Waals surface area contributed by atoms with Crippen LogP contribution in [-0.2, 0) is 4.79 Å². The fourth-order valence-electron chi connectivity index (χ4n) is 2.04. The van der Waals surface area contributed by atoms with Crippen molar-refractivity contribution in [1.29, 1.82) is 0 Å². The Balaban J connectivity index is 2.37. The molecule has 0 fully saturated rings. The molecule has 1 rings (SSSR count). The first-order chi connectivity index (χ1) is 9.58. The van der Waals surface area contributed by atoms with Crippen LogP contribution in [0.3, 0.4) is 0 Å². The fraction of sp³-hybridized carbons (Fsp3) is 0.562. The van der Waals surface area contributed by atoms with Crippen LogP contribution < -0.4 is 10.1 Å². The van der Waals surface area contributed by atoms with Crippen molar-refractivity contribution >= 4 is 5.91 Å². The van der Waals surface area contributed by atoms with Gasteiger partial charge in [0.15, 0.2) is 0 Å². The van der Waals surface area contributed by atoms with Gasteiger partial charge in [0.2, 0.25) is 5.91 Å². The molecule has 0 saturated heterocycles. The number of ether oxygens (including phenoxy) is 1. The molecule has 1 N–H and O–H groups in total. The minimum Gasteiger partial charge on any atom is -0.494 e. The van der Waals surface area contributed by atoms with Crippen LogP contribution in [0.1, 0.15) is 37.8 Å². The van der Waals surface area contributed by atoms with Gasteiger partial charge in [-0.3, -0.25) is 4.79 Å². The predicted octanol–water partition coefficient (Wildman–Crippen LogP) is 2.60. The highest BCUT2D eigenvalue weighted by Gasteiger charge is 2.06. The Kier molecular flexibility index (Phi) is 7.09. The summed E-state index contributed by atoms with van der Waals surface area (Å²) in [5.74, 6) is 1.00. The van der Waals surface area contributed by atoms with Gasteiger partial charge in [-0.1, -0.05) is 19.1 Å². The zero-order valence-corrected chi connectivity index (χ0v) is 13.0. The van der Waals surface area contributed by atoms with Crippen LogP contribution in [0.4, 0.5) is 0 Å². The maximum absolute atomic E-state index is 11.4. The van der Waals surface area contributed by atoms with Crippen molar-refractivity contribution in [3.05, 3.63) is 29.8 Å². The van der Waals surface area contributed by atoms with E-state index in [1.165, 1.54) is 5.56 Å². The first kappa shape index (κ1) is 16.5. The number of nitrogens with one attached hydrogen (secondary N) is 1. The van der Waals surface area contributed by atoms with E-state index in [4.69, 9.17) is 4.74 Å². The van der Waals surface area contributed by atoms with Gasteiger partial charge >= 0.3 is 0 Å². The van der Waals surface area contributed by atoms with E-state index in [1.807, 2.05) is 19.2 Å². The Bertz CT molecular complexity index is 397. The van der Waals surface area contributed by atoms with Crippen molar-refractivity contribution in [2.75, 3.05) is 27.7 Å². The monoisotopic (exact) mass is 278 g/mol. The van der Waals surface area contributed by atoms with Gasteiger partial charge in [0.1, 0.15) is 5.75 Å². The second kappa shape index (κ2) is 8.59. The number of hydrogen-bond acceptors (Lipinski definition) is 3. The molecule has 1 unspecified atom stereocenters. The van der Waals surface area contributed by atoms with Crippen molar-refractivity contribution in [2.24, 2.45) is 0 Å². The van der Waals surface area contributed by atoms with Gasteiger partial charge in [0.05, 0.1) is 6.61 Å². The summed E-state index contributed by atoms with van der Waals surface area (Å²) < 4.78 is 5.65. The summed E-state index contributed by atoms with van der Waals surface area (Å²) in [7, 11) is 5.52. The lowest BCUT2D eigenvalue weighted by Crippen LogP contribution is -2.21. The summed E-state index contributed by atoms with van der Waals surface area (Å²) in [5, 5.41) is 3.28. The zero-order valence-electron chi connectivity index (χ0n) is 13.0. The number of amides is 1. The van der Waals surface area contributed by atoms with Gasteiger partial charge < -0.3 is 15.0 Å². The van der Waals surface area contributed by atoms with Crippen molar-refractivity contribution in [1.82, 2.24) is 10.2 Å². The van der Waals surface area contributed by atoms with Crippen LogP contribution in [0.2, 0.25) is 0 Å². The highest BCUT2D eigenvalue weighted by Crippen LogP contribution is 2.19. The lowest BCUT2D eigenvalue weighted by Gasteiger charge is -2.15. The number of nitrogens with zero attached hydrogens (tertiary/aromatic N) is 1. The molecule has 112 valence electrons. The maximum Gasteiger partial charge on any atom is 0.222 e. The summed E-state index contributed by atoms with van der Waals surface area (Å²) >= 11 is 0. The van der Waals surface area contributed by atoms with E-state index in [0.29, 0.717) is 19.1 Å². The Morgan fingerprint density at radius 3 is 2.45 bits per heavy atom. The number of hydrogen-bond donors (Lipinski definition) is 1. The minimum atomic E-state index is 0.142. The molecule has 0 aliphatic heterocycles. The molecule has 1 atom stereocenters. The molecule has 20 heavy (non-hydrogen) atoms. The second-order valence-electron chi connectivity index (χ2n) is 5.06. The molecular weight excluding hydrogens is 252 g/mol. The Labute approximate surface area is 122 Å². The van der Waals surface area contributed by atoms with E-state index in [0.717, 1.165) is 18.6 Å². The number of benzene rings is 1. The summed E-state index contributed by atoms with van der Waals surface area (Å²) in [6, 6.07) is 8.55. The highest BCUT2D eigenvalue weighted by atomic mass is 16.5. The topological polar surface area (TPSA) is 41.6 Å². The average Bonchev–Trinajstić information content (AvgIpc) is 2.46. The second-order valence-corrected chi connectivity index (χ2v) is 5.06. The van der Waals surface area contributed by atoms with Gasteiger partial charge in [0, 0.05) is 26.6 Å². The smallest absolute Gasteiger partial charge is 0.222 e. The molecule has 4 heteroatoms. The van der Waals surface area contributed by atoms with Crippen LogP contribution in [0.15, 0.2) is 24.3 Å². The van der Waals surface area contributed by atoms with Gasteiger partial charge in [-0.15, -0.1) is 0 Å². The third-order valence-electron chi connectivity index (χ3n) is 3.34. The maximum atomic E-state index is 11.4. The molecule has 1 amide bonds. The molecule has 0 bridgehead atoms. The van der Waals surface area contributed by atoms with Crippen LogP contribution in [0.5, 0.6) is 5.75 Å². The number of carbonyl (C=O) groups excluding carboxylic acids is 1. The van der Waals surface area contributed by atoms with Crippen LogP contribution in [0.25, 0.3) is 0 Å². The van der Waals surface area contributed by atoms with Crippen molar-refractivity contribution in [3.8, 4) is 5.75 Å². The van der Waals surface area contributed by atoms with E-state index < -0.39 is 0 Å². The van der Waals surface area contributed by atoms with E-state index in [9.17, 15) is 4.79 Å². The van der Waals surface area contributed by atoms with Crippen LogP contribution >= 0.6 is 0 Å². The molecule has 0 saturated carbocycles. The van der Waals surface area contributed by atoms with Gasteiger partial charge in [-0.05, 0) is 37.6 Å². The average molecular weight is 278 g/mol. The van der Waals surface area contributed by atoms with Crippen LogP contribution in [-0.4, -0.2) is 38.6 Å². The number of rotatable bonds is 8. The van der Waals surface area contributed by atoms with Crippen LogP contribution in [0, 0.1) is 0 Å². The Morgan fingerprint density at radius 2 is 1.95 bits per heavy atom. The molecule has 0 heterocycles. The highest BCUT2D eigenvalue weighted by molar-refractivity contribution is 5.75. The van der Waals surface area contributed by atoms with E-state index in [1.54, 1.807) is 19.0 Å². The SMILES string of the molecule is CCC(NC)c1ccc(OCCCC(=O)N(C)C)cc1. The van der Waals surface area contributed by atoms with E-state index in [2.05, 4.69) is 24.4 Å². The largest absolute Gasteiger partial charge is 0.494 e. The summed E-state index contributed by atoms with van der Waals surface area (Å²) in [5.41, 5.74) is 1.27. The molecule has 0 aromatic heterocycles. The van der Waals surface area contributed by atoms with Gasteiger partial charge in [-0.2, -0.15) is 0 Å². The molecule has 0 aliphatic rings. The van der Waals surface area contributed by atoms with Gasteiger partial charge in [0.25, 0.3) is 0 Å². The molecular formula is C16H26N2O2. The fourth-order valence-corrected chi connectivity index (χ4v) is 2.04. The first-order valence-electron chi connectivity index (χ1n) is 7.18. The van der Waals surface area contributed by atoms with E-state index >= 15 is 0 Å². The molecule has 0 spiro atoms. The Morgan fingerprint density at radius 1 is 1.30 bits per heavy atom. The van der Waals surface area contributed by atoms with Gasteiger partial charge in [-0.25, -0.2) is 0 Å². The quantitative estimate of drug-likeness (QED) is 0.743. The molecule has 1 aromatic carbocycles. The lowest BCUT2D eigenvalue weighted by atomic mass is 10.0. The molecule has 0 aliphatic carbocycles. The third-order valence-corrected chi connectivity index (χ3v) is 3.34. The molecule has 4 nitrogen and oxygen atoms in total. The third kappa shape index (κ3) is 5.21. The lowest BCUT2D eigenvalue weighted by molar-refractivity contribution is -0.128. The summed E-state index contributed by atoms with van der Waals surface area (Å²) in [6.45, 7) is 2.73. The van der Waals surface area contributed by atoms with Crippen molar-refractivity contribution < 1.29 is 9.53 Å². The molecule has 0 radical (unpaired) electrons. The van der Waals surface area contributed by atoms with E-state index in [-0.39, 0.29) is 5.91 Å². The Hall–Kier alpha value is -1.55. The van der Waals surface area contributed by atoms with Crippen molar-refractivity contribution in [2.45, 2.75) is 32.2 Å². The normalized spacial score (nSPS) is 12.0. The standard InChI is InChI=1S/C16H26N2O2/c1-5-15(17-2)13-8-10-14(11-9-13)20-12-6-7-16(19)18(3)4/h8-11,15,17H,5-7,12H2,1-4H3.